The summed E-state index contributed by atoms with van der Waals surface area (Å²) in [5.74, 6) is 1.03. The first kappa shape index (κ1) is 13.7. The Labute approximate surface area is 125 Å². The Morgan fingerprint density at radius 3 is 2.55 bits per heavy atom. The second-order valence-electron chi connectivity index (χ2n) is 4.38. The molecule has 0 bridgehead atoms. The number of hydrogen-bond donors (Lipinski definition) is 0. The van der Waals surface area contributed by atoms with Crippen LogP contribution in [0.2, 0.25) is 0 Å². The molecule has 0 aliphatic carbocycles. The second kappa shape index (κ2) is 6.43. The van der Waals surface area contributed by atoms with Gasteiger partial charge in [0.15, 0.2) is 0 Å². The van der Waals surface area contributed by atoms with Crippen LogP contribution >= 0.6 is 0 Å². The SMILES string of the molecule is [N-]=[N+]=Nc1nnc(-c2ccc(OCc3ccccc3)cc2)o1. The van der Waals surface area contributed by atoms with Crippen LogP contribution in [0.1, 0.15) is 5.56 Å². The Morgan fingerprint density at radius 2 is 1.82 bits per heavy atom. The highest BCUT2D eigenvalue weighted by Gasteiger charge is 2.07. The maximum absolute atomic E-state index is 8.30. The van der Waals surface area contributed by atoms with Gasteiger partial charge >= 0.3 is 6.01 Å². The largest absolute Gasteiger partial charge is 0.489 e. The van der Waals surface area contributed by atoms with E-state index in [9.17, 15) is 0 Å². The number of hydrogen-bond acceptors (Lipinski definition) is 5. The first-order valence-electron chi connectivity index (χ1n) is 6.51. The van der Waals surface area contributed by atoms with Gasteiger partial charge in [0, 0.05) is 15.6 Å². The van der Waals surface area contributed by atoms with Gasteiger partial charge < -0.3 is 9.15 Å². The summed E-state index contributed by atoms with van der Waals surface area (Å²) in [5, 5.41) is 10.7. The minimum atomic E-state index is -0.109. The van der Waals surface area contributed by atoms with Crippen LogP contribution in [0.4, 0.5) is 6.01 Å². The standard InChI is InChI=1S/C15H11N5O2/c16-20-19-15-18-17-14(22-15)12-6-8-13(9-7-12)21-10-11-4-2-1-3-5-11/h1-9H,10H2. The lowest BCUT2D eigenvalue weighted by Crippen LogP contribution is -1.94. The third-order valence-corrected chi connectivity index (χ3v) is 2.89. The Hall–Kier alpha value is -3.31. The maximum Gasteiger partial charge on any atom is 0.304 e. The fourth-order valence-corrected chi connectivity index (χ4v) is 1.85. The van der Waals surface area contributed by atoms with Gasteiger partial charge in [-0.05, 0) is 35.4 Å². The highest BCUT2D eigenvalue weighted by molar-refractivity contribution is 5.54. The van der Waals surface area contributed by atoms with Crippen molar-refractivity contribution in [3.8, 4) is 17.2 Å². The third-order valence-electron chi connectivity index (χ3n) is 2.89. The molecule has 0 N–H and O–H groups in total. The Balaban J connectivity index is 1.68. The molecule has 0 spiro atoms. The van der Waals surface area contributed by atoms with Gasteiger partial charge in [0.25, 0.3) is 0 Å². The minimum Gasteiger partial charge on any atom is -0.489 e. The maximum atomic E-state index is 8.30. The van der Waals surface area contributed by atoms with E-state index in [4.69, 9.17) is 14.7 Å². The van der Waals surface area contributed by atoms with Crippen LogP contribution < -0.4 is 4.74 Å². The van der Waals surface area contributed by atoms with E-state index in [1.165, 1.54) is 0 Å². The van der Waals surface area contributed by atoms with Crippen LogP contribution in [0.3, 0.4) is 0 Å². The first-order chi connectivity index (χ1) is 10.8. The number of ether oxygens (including phenoxy) is 1. The van der Waals surface area contributed by atoms with E-state index in [2.05, 4.69) is 20.2 Å². The van der Waals surface area contributed by atoms with Gasteiger partial charge in [0.2, 0.25) is 5.89 Å². The topological polar surface area (TPSA) is 96.9 Å². The molecule has 0 fully saturated rings. The van der Waals surface area contributed by atoms with Crippen LogP contribution in [0.25, 0.3) is 21.9 Å². The highest BCUT2D eigenvalue weighted by Crippen LogP contribution is 2.24. The molecule has 0 aliphatic heterocycles. The third kappa shape index (κ3) is 3.23. The van der Waals surface area contributed by atoms with Gasteiger partial charge in [0.1, 0.15) is 12.4 Å². The van der Waals surface area contributed by atoms with Crippen molar-refractivity contribution in [2.45, 2.75) is 6.61 Å². The molecule has 0 atom stereocenters. The van der Waals surface area contributed by atoms with E-state index in [0.717, 1.165) is 16.9 Å². The van der Waals surface area contributed by atoms with E-state index in [-0.39, 0.29) is 11.9 Å². The van der Waals surface area contributed by atoms with Crippen molar-refractivity contribution in [2.24, 2.45) is 5.11 Å². The monoisotopic (exact) mass is 293 g/mol. The lowest BCUT2D eigenvalue weighted by molar-refractivity contribution is 0.306. The smallest absolute Gasteiger partial charge is 0.304 e. The van der Waals surface area contributed by atoms with Crippen molar-refractivity contribution in [2.75, 3.05) is 0 Å². The molecule has 3 rings (SSSR count). The molecule has 0 aliphatic rings. The zero-order chi connectivity index (χ0) is 15.2. The van der Waals surface area contributed by atoms with E-state index in [0.29, 0.717) is 6.61 Å². The summed E-state index contributed by atoms with van der Waals surface area (Å²) in [6, 6.07) is 17.0. The van der Waals surface area contributed by atoms with Crippen molar-refractivity contribution < 1.29 is 9.15 Å². The van der Waals surface area contributed by atoms with E-state index in [1.54, 1.807) is 12.1 Å². The van der Waals surface area contributed by atoms with Crippen molar-refractivity contribution in [1.82, 2.24) is 10.2 Å². The van der Waals surface area contributed by atoms with Crippen molar-refractivity contribution >= 4 is 6.01 Å². The second-order valence-corrected chi connectivity index (χ2v) is 4.38. The summed E-state index contributed by atoms with van der Waals surface area (Å²) in [5.41, 5.74) is 10.1. The zero-order valence-electron chi connectivity index (χ0n) is 11.5. The first-order valence-corrected chi connectivity index (χ1v) is 6.51. The quantitative estimate of drug-likeness (QED) is 0.399. The average molecular weight is 293 g/mol. The normalized spacial score (nSPS) is 10.0. The molecule has 0 unspecified atom stereocenters. The van der Waals surface area contributed by atoms with Gasteiger partial charge in [0.05, 0.1) is 0 Å². The Kier molecular flexibility index (Phi) is 3.99. The molecular weight excluding hydrogens is 282 g/mol. The molecule has 22 heavy (non-hydrogen) atoms. The van der Waals surface area contributed by atoms with Crippen molar-refractivity contribution in [3.05, 3.63) is 70.6 Å². The summed E-state index contributed by atoms with van der Waals surface area (Å²) >= 11 is 0. The molecule has 0 amide bonds. The van der Waals surface area contributed by atoms with Crippen molar-refractivity contribution in [1.29, 1.82) is 0 Å². The van der Waals surface area contributed by atoms with Gasteiger partial charge in [-0.25, -0.2) is 0 Å². The Bertz CT molecular complexity index is 792. The molecule has 108 valence electrons. The fourth-order valence-electron chi connectivity index (χ4n) is 1.85. The summed E-state index contributed by atoms with van der Waals surface area (Å²) in [4.78, 5) is 2.59. The lowest BCUT2D eigenvalue weighted by atomic mass is 10.2. The van der Waals surface area contributed by atoms with Gasteiger partial charge in [-0.3, -0.25) is 0 Å². The number of aromatic nitrogens is 2. The molecule has 1 heterocycles. The van der Waals surface area contributed by atoms with E-state index < -0.39 is 0 Å². The van der Waals surface area contributed by atoms with E-state index >= 15 is 0 Å². The molecule has 0 saturated carbocycles. The molecule has 1 aromatic heterocycles. The van der Waals surface area contributed by atoms with Crippen LogP contribution in [-0.4, -0.2) is 10.2 Å². The number of nitrogens with zero attached hydrogens (tertiary/aromatic N) is 5. The molecule has 2 aromatic carbocycles. The minimum absolute atomic E-state index is 0.109. The predicted octanol–water partition coefficient (Wildman–Crippen LogP) is 4.26. The summed E-state index contributed by atoms with van der Waals surface area (Å²) in [6.45, 7) is 0.502. The average Bonchev–Trinajstić information content (AvgIpc) is 3.03. The van der Waals surface area contributed by atoms with Crippen molar-refractivity contribution in [3.63, 3.8) is 0 Å². The number of azide groups is 1. The highest BCUT2D eigenvalue weighted by atomic mass is 16.5. The molecule has 7 heteroatoms. The molecule has 0 radical (unpaired) electrons. The molecule has 3 aromatic rings. The van der Waals surface area contributed by atoms with Gasteiger partial charge in [-0.2, -0.15) is 0 Å². The Morgan fingerprint density at radius 1 is 1.05 bits per heavy atom. The van der Waals surface area contributed by atoms with Crippen LogP contribution in [0.5, 0.6) is 5.75 Å². The fraction of sp³-hybridized carbons (Fsp3) is 0.0667. The van der Waals surface area contributed by atoms with E-state index in [1.807, 2.05) is 42.5 Å². The molecule has 7 nitrogen and oxygen atoms in total. The summed E-state index contributed by atoms with van der Waals surface area (Å²) in [7, 11) is 0. The van der Waals surface area contributed by atoms with Crippen LogP contribution in [-0.2, 0) is 6.61 Å². The molecule has 0 saturated heterocycles. The summed E-state index contributed by atoms with van der Waals surface area (Å²) < 4.78 is 10.9. The van der Waals surface area contributed by atoms with Crippen LogP contribution in [0.15, 0.2) is 64.1 Å². The lowest BCUT2D eigenvalue weighted by Gasteiger charge is -2.06. The van der Waals surface area contributed by atoms with Gasteiger partial charge in [-0.1, -0.05) is 30.3 Å². The van der Waals surface area contributed by atoms with Crippen LogP contribution in [0, 0.1) is 0 Å². The van der Waals surface area contributed by atoms with Gasteiger partial charge in [-0.15, -0.1) is 10.2 Å². The zero-order valence-corrected chi connectivity index (χ0v) is 11.5. The predicted molar refractivity (Wildman–Crippen MR) is 79.3 cm³/mol. The molecular formula is C15H11N5O2. The number of benzene rings is 2. The summed E-state index contributed by atoms with van der Waals surface area (Å²) in [6.07, 6.45) is 0. The number of rotatable bonds is 5.